The molecule has 5 rings (SSSR count). The molecule has 0 aromatic heterocycles. The maximum atomic E-state index is 13.4. The number of rotatable bonds is 4. The Morgan fingerprint density at radius 2 is 1.60 bits per heavy atom. The Hall–Kier alpha value is -3.25. The van der Waals surface area contributed by atoms with Crippen LogP contribution in [0.1, 0.15) is 44.6 Å². The van der Waals surface area contributed by atoms with Crippen molar-refractivity contribution in [2.45, 2.75) is 45.1 Å². The fourth-order valence-electron chi connectivity index (χ4n) is 4.16. The van der Waals surface area contributed by atoms with E-state index in [0.717, 1.165) is 18.7 Å². The molecule has 3 aromatic carbocycles. The van der Waals surface area contributed by atoms with Crippen molar-refractivity contribution in [3.63, 3.8) is 0 Å². The van der Waals surface area contributed by atoms with Crippen molar-refractivity contribution in [2.75, 3.05) is 26.2 Å². The summed E-state index contributed by atoms with van der Waals surface area (Å²) < 4.78 is 24.5. The van der Waals surface area contributed by atoms with E-state index in [0.29, 0.717) is 23.7 Å². The molecule has 2 heterocycles. The summed E-state index contributed by atoms with van der Waals surface area (Å²) in [7, 11) is 0. The highest BCUT2D eigenvalue weighted by Crippen LogP contribution is 2.38. The summed E-state index contributed by atoms with van der Waals surface area (Å²) in [6.07, 6.45) is 3.77. The smallest absolute Gasteiger partial charge is 0.171 e. The summed E-state index contributed by atoms with van der Waals surface area (Å²) in [5.74, 6) is 1.15. The van der Waals surface area contributed by atoms with Gasteiger partial charge in [0.1, 0.15) is 23.4 Å². The quantitative estimate of drug-likeness (QED) is 0.454. The van der Waals surface area contributed by atoms with Crippen LogP contribution in [0.3, 0.4) is 0 Å². The van der Waals surface area contributed by atoms with Crippen LogP contribution in [0.25, 0.3) is 0 Å². The minimum absolute atomic E-state index is 0.121. The highest BCUT2D eigenvalue weighted by molar-refractivity contribution is 5.44. The van der Waals surface area contributed by atoms with Crippen LogP contribution in [0.2, 0.25) is 0 Å². The number of fused-ring (bicyclic) bond motifs is 1. The minimum atomic E-state index is -0.537. The van der Waals surface area contributed by atoms with E-state index < -0.39 is 5.82 Å². The molecule has 0 radical (unpaired) electrons. The molecule has 0 spiro atoms. The van der Waals surface area contributed by atoms with Gasteiger partial charge in [-0.3, -0.25) is 4.90 Å². The number of benzene rings is 3. The van der Waals surface area contributed by atoms with Crippen molar-refractivity contribution in [3.05, 3.63) is 84.2 Å². The summed E-state index contributed by atoms with van der Waals surface area (Å²) >= 11 is 0. The average molecular weight is 482 g/mol. The maximum absolute atomic E-state index is 13.4. The molecule has 1 fully saturated rings. The van der Waals surface area contributed by atoms with Gasteiger partial charge in [0, 0.05) is 12.1 Å². The second kappa shape index (κ2) is 13.6. The van der Waals surface area contributed by atoms with Crippen molar-refractivity contribution < 1.29 is 24.1 Å². The molecule has 35 heavy (non-hydrogen) atoms. The Kier molecular flexibility index (Phi) is 10.2. The zero-order valence-electron chi connectivity index (χ0n) is 20.6. The minimum Gasteiger partial charge on any atom is -0.508 e. The van der Waals surface area contributed by atoms with E-state index in [1.54, 1.807) is 30.3 Å². The molecule has 0 saturated carbocycles. The molecular weight excluding hydrogens is 445 g/mol. The fraction of sp³-hybridized carbons (Fsp3) is 0.379. The molecule has 3 aromatic rings. The van der Waals surface area contributed by atoms with Crippen LogP contribution in [0.15, 0.2) is 72.8 Å². The van der Waals surface area contributed by atoms with E-state index >= 15 is 0 Å². The fourth-order valence-corrected chi connectivity index (χ4v) is 4.16. The summed E-state index contributed by atoms with van der Waals surface area (Å²) in [5, 5.41) is 17.8. The molecule has 0 amide bonds. The summed E-state index contributed by atoms with van der Waals surface area (Å²) in [4.78, 5) is 2.48. The predicted octanol–water partition coefficient (Wildman–Crippen LogP) is 6.36. The van der Waals surface area contributed by atoms with E-state index in [-0.39, 0.29) is 17.8 Å². The first-order chi connectivity index (χ1) is 16.9. The molecule has 188 valence electrons. The first kappa shape index (κ1) is 26.4. The number of phenolic OH excluding ortho intramolecular Hbond substituents is 2. The van der Waals surface area contributed by atoms with Crippen LogP contribution < -0.4 is 9.47 Å². The van der Waals surface area contributed by atoms with Crippen LogP contribution in [0.4, 0.5) is 4.39 Å². The number of likely N-dealkylation sites (tertiary alicyclic amines) is 1. The van der Waals surface area contributed by atoms with Gasteiger partial charge in [0.15, 0.2) is 11.6 Å². The van der Waals surface area contributed by atoms with Gasteiger partial charge in [-0.05, 0) is 81.6 Å². The van der Waals surface area contributed by atoms with Gasteiger partial charge in [0.05, 0.1) is 6.61 Å². The lowest BCUT2D eigenvalue weighted by molar-refractivity contribution is 0.162. The Labute approximate surface area is 207 Å². The molecule has 5 nitrogen and oxygen atoms in total. The van der Waals surface area contributed by atoms with Crippen LogP contribution in [-0.4, -0.2) is 47.5 Å². The number of phenols is 2. The highest BCUT2D eigenvalue weighted by atomic mass is 19.1. The molecular formula is C29H36FNO4. The second-order valence-corrected chi connectivity index (χ2v) is 8.93. The standard InChI is InChI=1S/C13H19NO.C10H11FO2.C6H6O/c1-12(11-14-9-5-6-10-14)15-13-7-3-2-4-8-13;1-6-4-5-13-8-3-2-7(12)10(11)9(6)8;7-6-4-2-1-3-5-6/h2-4,7-8,12H,5-6,9-11H2,1H3;2-3,6,12H,4-5H2,1H3;1-5,7H/t12-;;/m1../s1. The zero-order chi connectivity index (χ0) is 25.0. The SMILES string of the molecule is CC1CCOc2ccc(O)c(F)c21.C[C@H](CN1CCCC1)Oc1ccccc1.Oc1ccccc1. The van der Waals surface area contributed by atoms with Gasteiger partial charge in [-0.25, -0.2) is 4.39 Å². The number of halogens is 1. The largest absolute Gasteiger partial charge is 0.508 e. The highest BCUT2D eigenvalue weighted by Gasteiger charge is 2.23. The number of ether oxygens (including phenoxy) is 2. The topological polar surface area (TPSA) is 62.2 Å². The number of nitrogens with zero attached hydrogens (tertiary/aromatic N) is 1. The van der Waals surface area contributed by atoms with Crippen LogP contribution in [-0.2, 0) is 0 Å². The van der Waals surface area contributed by atoms with Gasteiger partial charge in [0.2, 0.25) is 0 Å². The summed E-state index contributed by atoms with van der Waals surface area (Å²) in [6.45, 7) is 8.23. The molecule has 2 N–H and O–H groups in total. The zero-order valence-corrected chi connectivity index (χ0v) is 20.6. The third kappa shape index (κ3) is 8.48. The third-order valence-electron chi connectivity index (χ3n) is 5.97. The lowest BCUT2D eigenvalue weighted by Gasteiger charge is -2.23. The predicted molar refractivity (Wildman–Crippen MR) is 137 cm³/mol. The van der Waals surface area contributed by atoms with Gasteiger partial charge in [-0.2, -0.15) is 0 Å². The number of hydrogen-bond donors (Lipinski definition) is 2. The Morgan fingerprint density at radius 3 is 2.20 bits per heavy atom. The van der Waals surface area contributed by atoms with Crippen molar-refractivity contribution in [1.29, 1.82) is 0 Å². The first-order valence-electron chi connectivity index (χ1n) is 12.3. The summed E-state index contributed by atoms with van der Waals surface area (Å²) in [5.41, 5.74) is 0.506. The van der Waals surface area contributed by atoms with Gasteiger partial charge < -0.3 is 19.7 Å². The summed E-state index contributed by atoms with van der Waals surface area (Å²) in [6, 6.07) is 21.7. The third-order valence-corrected chi connectivity index (χ3v) is 5.97. The van der Waals surface area contributed by atoms with Crippen molar-refractivity contribution >= 4 is 0 Å². The molecule has 1 saturated heterocycles. The van der Waals surface area contributed by atoms with Crippen LogP contribution in [0, 0.1) is 5.82 Å². The van der Waals surface area contributed by atoms with E-state index in [9.17, 15) is 4.39 Å². The van der Waals surface area contributed by atoms with E-state index in [2.05, 4.69) is 11.8 Å². The molecule has 1 unspecified atom stereocenters. The normalized spacial score (nSPS) is 17.5. The average Bonchev–Trinajstić information content (AvgIpc) is 3.36. The van der Waals surface area contributed by atoms with E-state index in [4.69, 9.17) is 19.7 Å². The number of hydrogen-bond acceptors (Lipinski definition) is 5. The molecule has 2 aliphatic rings. The van der Waals surface area contributed by atoms with Gasteiger partial charge >= 0.3 is 0 Å². The monoisotopic (exact) mass is 481 g/mol. The molecule has 0 aliphatic carbocycles. The van der Waals surface area contributed by atoms with E-state index in [1.165, 1.54) is 32.0 Å². The van der Waals surface area contributed by atoms with Gasteiger partial charge in [-0.1, -0.05) is 43.3 Å². The van der Waals surface area contributed by atoms with Crippen LogP contribution in [0.5, 0.6) is 23.0 Å². The Balaban J connectivity index is 0.000000156. The maximum Gasteiger partial charge on any atom is 0.171 e. The van der Waals surface area contributed by atoms with Gasteiger partial charge in [-0.15, -0.1) is 0 Å². The molecule has 2 atom stereocenters. The van der Waals surface area contributed by atoms with Gasteiger partial charge in [0.25, 0.3) is 0 Å². The van der Waals surface area contributed by atoms with Crippen molar-refractivity contribution in [2.24, 2.45) is 0 Å². The second-order valence-electron chi connectivity index (χ2n) is 8.93. The Bertz CT molecular complexity index is 1010. The lowest BCUT2D eigenvalue weighted by Crippen LogP contribution is -2.31. The molecule has 6 heteroatoms. The van der Waals surface area contributed by atoms with Crippen molar-refractivity contribution in [3.8, 4) is 23.0 Å². The number of para-hydroxylation sites is 2. The molecule has 2 aliphatic heterocycles. The van der Waals surface area contributed by atoms with E-state index in [1.807, 2.05) is 43.3 Å². The van der Waals surface area contributed by atoms with Crippen LogP contribution >= 0.6 is 0 Å². The Morgan fingerprint density at radius 1 is 0.971 bits per heavy atom. The molecule has 0 bridgehead atoms. The first-order valence-corrected chi connectivity index (χ1v) is 12.3. The number of aromatic hydroxyl groups is 2. The lowest BCUT2D eigenvalue weighted by atomic mass is 9.94. The van der Waals surface area contributed by atoms with Crippen molar-refractivity contribution in [1.82, 2.24) is 4.90 Å².